The molecule has 62 heavy (non-hydrogen) atoms. The molecule has 2 fully saturated rings. The Morgan fingerprint density at radius 2 is 1.77 bits per heavy atom. The molecule has 5 unspecified atom stereocenters. The van der Waals surface area contributed by atoms with Crippen LogP contribution < -0.4 is 24.8 Å². The van der Waals surface area contributed by atoms with Gasteiger partial charge in [0.25, 0.3) is 21.6 Å². The molecule has 1 aliphatic heterocycles. The minimum atomic E-state index is -4.70. The maximum atomic E-state index is 14.7. The number of nitrogens with one attached hydrogen (secondary N) is 3. The van der Waals surface area contributed by atoms with E-state index in [1.807, 2.05) is 35.1 Å². The van der Waals surface area contributed by atoms with Crippen molar-refractivity contribution in [3.8, 4) is 22.8 Å². The van der Waals surface area contributed by atoms with Gasteiger partial charge in [0.1, 0.15) is 45.0 Å². The summed E-state index contributed by atoms with van der Waals surface area (Å²) in [4.78, 5) is 73.0. The summed E-state index contributed by atoms with van der Waals surface area (Å²) in [5, 5.41) is 17.4. The first-order valence-electron chi connectivity index (χ1n) is 19.4. The SMILES string of the molecule is C=CC1CC1(NC(=O)C1CC(Oc2cc(-c3ccccc3)nc3cc(OC)ccc23)CN1C(=O)C(NC(=O)OC(C)(C)C)C(C)(C)C)C(=O)NS(=O)(=O)c1cc([N+](=O)[O-])c(Cl)s1. The van der Waals surface area contributed by atoms with Gasteiger partial charge in [-0.15, -0.1) is 17.9 Å². The Bertz CT molecular complexity index is 2560. The summed E-state index contributed by atoms with van der Waals surface area (Å²) in [6.07, 6.45) is -0.432. The fourth-order valence-corrected chi connectivity index (χ4v) is 9.85. The molecule has 2 aromatic heterocycles. The van der Waals surface area contributed by atoms with E-state index in [9.17, 15) is 37.7 Å². The van der Waals surface area contributed by atoms with E-state index >= 15 is 0 Å². The monoisotopic (exact) mass is 910 g/mol. The lowest BCUT2D eigenvalue weighted by Crippen LogP contribution is -2.60. The number of nitrogens with zero attached hydrogens (tertiary/aromatic N) is 3. The van der Waals surface area contributed by atoms with E-state index in [1.165, 1.54) is 18.1 Å². The number of thiophene rings is 1. The van der Waals surface area contributed by atoms with Crippen molar-refractivity contribution in [2.24, 2.45) is 11.3 Å². The predicted molar refractivity (Wildman–Crippen MR) is 231 cm³/mol. The first-order chi connectivity index (χ1) is 29.0. The molecule has 0 spiro atoms. The largest absolute Gasteiger partial charge is 0.497 e. The molecule has 5 atom stereocenters. The van der Waals surface area contributed by atoms with Crippen molar-refractivity contribution in [2.45, 2.75) is 87.9 Å². The van der Waals surface area contributed by atoms with E-state index in [4.69, 9.17) is 30.8 Å². The molecule has 4 aromatic rings. The van der Waals surface area contributed by atoms with Gasteiger partial charge in [0.05, 0.1) is 29.8 Å². The molecule has 2 aromatic carbocycles. The molecule has 17 nitrogen and oxygen atoms in total. The lowest BCUT2D eigenvalue weighted by molar-refractivity contribution is -0.384. The van der Waals surface area contributed by atoms with Gasteiger partial charge in [0.15, 0.2) is 4.34 Å². The van der Waals surface area contributed by atoms with Crippen molar-refractivity contribution < 1.29 is 46.7 Å². The Hall–Kier alpha value is -5.79. The molecular weight excluding hydrogens is 864 g/mol. The number of methoxy groups -OCH3 is 1. The summed E-state index contributed by atoms with van der Waals surface area (Å²) in [6.45, 7) is 13.8. The van der Waals surface area contributed by atoms with Gasteiger partial charge in [-0.05, 0) is 44.7 Å². The highest BCUT2D eigenvalue weighted by Crippen LogP contribution is 2.46. The van der Waals surface area contributed by atoms with Crippen LogP contribution in [0.2, 0.25) is 4.34 Å². The number of carbonyl (C=O) groups excluding carboxylic acids is 4. The summed E-state index contributed by atoms with van der Waals surface area (Å²) in [5.41, 5.74) is -2.33. The third-order valence-corrected chi connectivity index (χ3v) is 13.5. The van der Waals surface area contributed by atoms with Crippen LogP contribution in [0.4, 0.5) is 10.5 Å². The van der Waals surface area contributed by atoms with Crippen molar-refractivity contribution in [3.05, 3.63) is 87.8 Å². The zero-order valence-electron chi connectivity index (χ0n) is 35.0. The summed E-state index contributed by atoms with van der Waals surface area (Å²) in [5.74, 6) is -2.35. The molecule has 0 bridgehead atoms. The van der Waals surface area contributed by atoms with Gasteiger partial charge in [-0.25, -0.2) is 22.9 Å². The minimum Gasteiger partial charge on any atom is -0.497 e. The maximum absolute atomic E-state index is 14.7. The van der Waals surface area contributed by atoms with Gasteiger partial charge in [0, 0.05) is 41.5 Å². The lowest BCUT2D eigenvalue weighted by atomic mass is 9.85. The van der Waals surface area contributed by atoms with Crippen molar-refractivity contribution in [2.75, 3.05) is 13.7 Å². The minimum absolute atomic E-state index is 0.0465. The molecule has 1 aliphatic carbocycles. The normalized spacial score (nSPS) is 20.5. The second-order valence-corrected chi connectivity index (χ2v) is 20.7. The van der Waals surface area contributed by atoms with E-state index < -0.39 is 93.7 Å². The van der Waals surface area contributed by atoms with E-state index in [-0.39, 0.29) is 19.4 Å². The topological polar surface area (TPSA) is 225 Å². The number of rotatable bonds is 13. The Morgan fingerprint density at radius 1 is 1.08 bits per heavy atom. The maximum Gasteiger partial charge on any atom is 0.408 e. The fourth-order valence-electron chi connectivity index (χ4n) is 7.15. The van der Waals surface area contributed by atoms with Crippen molar-refractivity contribution in [3.63, 3.8) is 0 Å². The summed E-state index contributed by atoms with van der Waals surface area (Å²) < 4.78 is 45.2. The number of hydrogen-bond donors (Lipinski definition) is 3. The van der Waals surface area contributed by atoms with Crippen LogP contribution in [-0.4, -0.2) is 90.0 Å². The molecule has 20 heteroatoms. The first-order valence-corrected chi connectivity index (χ1v) is 22.1. The fraction of sp³-hybridized carbons (Fsp3) is 0.405. The molecule has 4 amide bonds. The van der Waals surface area contributed by atoms with Crippen LogP contribution in [0.15, 0.2) is 77.5 Å². The van der Waals surface area contributed by atoms with E-state index in [0.717, 1.165) is 11.6 Å². The Kier molecular flexibility index (Phi) is 12.7. The van der Waals surface area contributed by atoms with Gasteiger partial charge < -0.3 is 29.7 Å². The highest BCUT2D eigenvalue weighted by Gasteiger charge is 2.61. The van der Waals surface area contributed by atoms with Crippen LogP contribution in [0.1, 0.15) is 54.4 Å². The van der Waals surface area contributed by atoms with Gasteiger partial charge in [-0.3, -0.25) is 24.5 Å². The van der Waals surface area contributed by atoms with E-state index in [1.54, 1.807) is 65.8 Å². The number of amides is 4. The van der Waals surface area contributed by atoms with Crippen molar-refractivity contribution >= 4 is 73.4 Å². The van der Waals surface area contributed by atoms with E-state index in [0.29, 0.717) is 39.4 Å². The molecule has 3 heterocycles. The Labute approximate surface area is 367 Å². The van der Waals surface area contributed by atoms with Crippen LogP contribution in [0.5, 0.6) is 11.5 Å². The second kappa shape index (κ2) is 17.2. The number of carbonyl (C=O) groups is 4. The number of sulfonamides is 1. The van der Waals surface area contributed by atoms with Crippen LogP contribution >= 0.6 is 22.9 Å². The molecule has 6 rings (SSSR count). The molecular formula is C42H47ClN6O11S2. The van der Waals surface area contributed by atoms with Crippen LogP contribution in [0.25, 0.3) is 22.2 Å². The zero-order chi connectivity index (χ0) is 45.5. The van der Waals surface area contributed by atoms with Gasteiger partial charge >= 0.3 is 6.09 Å². The third kappa shape index (κ3) is 9.79. The summed E-state index contributed by atoms with van der Waals surface area (Å²) in [6, 6.07) is 14.7. The van der Waals surface area contributed by atoms with Gasteiger partial charge in [-0.2, -0.15) is 0 Å². The average Bonchev–Trinajstić information content (AvgIpc) is 3.49. The molecule has 3 N–H and O–H groups in total. The molecule has 0 radical (unpaired) electrons. The standard InChI is InChI=1S/C42H47ClN6O11S2/c1-9-24-21-42(24,38(52)47-62(56,57)33-20-30(49(54)55)35(43)61-33)46-36(50)31-18-26(22-48(31)37(51)34(40(2,3)4)45-39(53)60-41(5,6)7)59-32-19-28(23-13-11-10-12-14-23)44-29-17-25(58-8)15-16-27(29)32/h9-17,19-20,24,26,31,34H,1,18,21-22H2,2-8H3,(H,45,53)(H,46,50)(H,47,52). The number of aromatic nitrogens is 1. The lowest BCUT2D eigenvalue weighted by Gasteiger charge is -2.36. The first kappa shape index (κ1) is 45.7. The van der Waals surface area contributed by atoms with Crippen molar-refractivity contribution in [1.82, 2.24) is 25.2 Å². The number of pyridine rings is 1. The Balaban J connectivity index is 1.35. The molecule has 1 saturated heterocycles. The molecule has 1 saturated carbocycles. The number of nitro groups is 1. The summed E-state index contributed by atoms with van der Waals surface area (Å²) >= 11 is 6.29. The van der Waals surface area contributed by atoms with E-state index in [2.05, 4.69) is 17.2 Å². The van der Waals surface area contributed by atoms with Crippen LogP contribution in [0.3, 0.4) is 0 Å². The van der Waals surface area contributed by atoms with Gasteiger partial charge in [0.2, 0.25) is 11.8 Å². The zero-order valence-corrected chi connectivity index (χ0v) is 37.4. The van der Waals surface area contributed by atoms with Crippen molar-refractivity contribution in [1.29, 1.82) is 0 Å². The molecule has 2 aliphatic rings. The number of alkyl carbamates (subject to hydrolysis) is 1. The summed E-state index contributed by atoms with van der Waals surface area (Å²) in [7, 11) is -3.16. The number of halogens is 1. The number of ether oxygens (including phenoxy) is 3. The van der Waals surface area contributed by atoms with Gasteiger partial charge in [-0.1, -0.05) is 68.8 Å². The smallest absolute Gasteiger partial charge is 0.408 e. The highest BCUT2D eigenvalue weighted by molar-refractivity contribution is 7.92. The third-order valence-electron chi connectivity index (χ3n) is 10.4. The second-order valence-electron chi connectivity index (χ2n) is 17.1. The predicted octanol–water partition coefficient (Wildman–Crippen LogP) is 6.39. The average molecular weight is 911 g/mol. The quantitative estimate of drug-likeness (QED) is 0.0754. The number of hydrogen-bond acceptors (Lipinski definition) is 13. The van der Waals surface area contributed by atoms with Crippen LogP contribution in [-0.2, 0) is 29.1 Å². The number of benzene rings is 2. The number of likely N-dealkylation sites (tertiary alicyclic amines) is 1. The highest BCUT2D eigenvalue weighted by atomic mass is 35.5. The van der Waals surface area contributed by atoms with Crippen LogP contribution in [0, 0.1) is 21.4 Å². The molecule has 330 valence electrons. The Morgan fingerprint density at radius 3 is 2.35 bits per heavy atom. The number of fused-ring (bicyclic) bond motifs is 1.